The van der Waals surface area contributed by atoms with Gasteiger partial charge >= 0.3 is 0 Å². The molecule has 0 saturated carbocycles. The summed E-state index contributed by atoms with van der Waals surface area (Å²) in [5.41, 5.74) is 8.11. The fraction of sp³-hybridized carbons (Fsp3) is 0.289. The van der Waals surface area contributed by atoms with Gasteiger partial charge in [0.25, 0.3) is 5.56 Å². The summed E-state index contributed by atoms with van der Waals surface area (Å²) in [6.45, 7) is 4.25. The summed E-state index contributed by atoms with van der Waals surface area (Å²) < 4.78 is 1.56. The molecule has 2 saturated heterocycles. The number of hydrogen-bond acceptors (Lipinski definition) is 7. The summed E-state index contributed by atoms with van der Waals surface area (Å²) in [5, 5.41) is 13.5. The van der Waals surface area contributed by atoms with Crippen LogP contribution >= 0.6 is 23.2 Å². The van der Waals surface area contributed by atoms with E-state index in [4.69, 9.17) is 23.2 Å². The van der Waals surface area contributed by atoms with Crippen molar-refractivity contribution in [2.24, 2.45) is 0 Å². The van der Waals surface area contributed by atoms with Gasteiger partial charge in [0.15, 0.2) is 0 Å². The van der Waals surface area contributed by atoms with E-state index < -0.39 is 0 Å². The average Bonchev–Trinajstić information content (AvgIpc) is 3.73. The average molecular weight is 711 g/mol. The first kappa shape index (κ1) is 33.9. The van der Waals surface area contributed by atoms with Crippen LogP contribution in [0.4, 0.5) is 0 Å². The van der Waals surface area contributed by atoms with Gasteiger partial charge in [-0.05, 0) is 60.2 Å². The maximum atomic E-state index is 13.3. The molecule has 2 aromatic carbocycles. The van der Waals surface area contributed by atoms with Gasteiger partial charge in [-0.1, -0.05) is 65.7 Å². The normalized spacial score (nSPS) is 17.3. The van der Waals surface area contributed by atoms with Gasteiger partial charge in [0.05, 0.1) is 10.7 Å². The number of hydrogen-bond donors (Lipinski definition) is 4. The fourth-order valence-corrected chi connectivity index (χ4v) is 7.29. The van der Waals surface area contributed by atoms with Crippen LogP contribution in [0.5, 0.6) is 0 Å². The van der Waals surface area contributed by atoms with E-state index in [9.17, 15) is 14.4 Å². The van der Waals surface area contributed by atoms with Crippen LogP contribution in [0, 0.1) is 6.92 Å². The van der Waals surface area contributed by atoms with E-state index in [1.807, 2.05) is 54.6 Å². The Morgan fingerprint density at radius 3 is 2.10 bits per heavy atom. The van der Waals surface area contributed by atoms with Crippen LogP contribution in [0.3, 0.4) is 0 Å². The first-order valence-electron chi connectivity index (χ1n) is 16.8. The minimum Gasteiger partial charge on any atom is -0.352 e. The zero-order chi connectivity index (χ0) is 34.8. The molecule has 5 aromatic rings. The molecule has 5 heterocycles. The molecule has 3 aromatic heterocycles. The third-order valence-corrected chi connectivity index (χ3v) is 10.2. The minimum atomic E-state index is -0.129. The number of benzene rings is 2. The second kappa shape index (κ2) is 14.7. The van der Waals surface area contributed by atoms with Crippen LogP contribution in [-0.4, -0.2) is 51.4 Å². The number of carbonyl (C=O) groups is 2. The lowest BCUT2D eigenvalue weighted by molar-refractivity contribution is -0.120. The van der Waals surface area contributed by atoms with E-state index in [0.717, 1.165) is 51.8 Å². The number of pyridine rings is 2. The second-order valence-corrected chi connectivity index (χ2v) is 13.6. The Kier molecular flexibility index (Phi) is 9.96. The van der Waals surface area contributed by atoms with Crippen molar-refractivity contribution in [1.82, 2.24) is 35.6 Å². The standard InChI is InChI=1S/C38H37Cl2N7O3/c1-22-28(23-14-15-47-33(16-23)43-19-25(38(47)50)18-42-21-27-10-13-35(49)45-27)4-2-5-29(22)30-6-3-7-31(36(30)39)32-11-8-24(37(40)46-32)17-41-20-26-9-12-34(48)44-26/h2-8,11,14-16,19,26-27,41-42H,9-10,12-13,17-18,20-21H2,1H3,(H,44,48)(H,45,49)/t26-,27+/m1/s1. The largest absolute Gasteiger partial charge is 0.352 e. The minimum absolute atomic E-state index is 0.0695. The van der Waals surface area contributed by atoms with Crippen molar-refractivity contribution in [2.75, 3.05) is 13.1 Å². The van der Waals surface area contributed by atoms with Crippen LogP contribution in [0.2, 0.25) is 10.2 Å². The zero-order valence-corrected chi connectivity index (χ0v) is 29.1. The second-order valence-electron chi connectivity index (χ2n) is 12.9. The molecular formula is C38H37Cl2N7O3. The molecule has 10 nitrogen and oxygen atoms in total. The molecule has 0 bridgehead atoms. The number of aromatic nitrogens is 3. The molecule has 256 valence electrons. The molecule has 2 amide bonds. The predicted octanol–water partition coefficient (Wildman–Crippen LogP) is 5.44. The van der Waals surface area contributed by atoms with E-state index in [-0.39, 0.29) is 29.5 Å². The lowest BCUT2D eigenvalue weighted by atomic mass is 9.92. The fourth-order valence-electron chi connectivity index (χ4n) is 6.75. The van der Waals surface area contributed by atoms with Gasteiger partial charge in [-0.3, -0.25) is 18.8 Å². The van der Waals surface area contributed by atoms with E-state index in [0.29, 0.717) is 66.1 Å². The number of amides is 2. The van der Waals surface area contributed by atoms with Crippen molar-refractivity contribution >= 4 is 40.7 Å². The summed E-state index contributed by atoms with van der Waals surface area (Å²) in [7, 11) is 0. The van der Waals surface area contributed by atoms with Crippen molar-refractivity contribution < 1.29 is 9.59 Å². The zero-order valence-electron chi connectivity index (χ0n) is 27.6. The summed E-state index contributed by atoms with van der Waals surface area (Å²) in [6, 6.07) is 20.0. The van der Waals surface area contributed by atoms with Gasteiger partial charge in [-0.15, -0.1) is 0 Å². The number of nitrogens with zero attached hydrogens (tertiary/aromatic N) is 3. The lowest BCUT2D eigenvalue weighted by Gasteiger charge is -2.16. The quantitative estimate of drug-likeness (QED) is 0.134. The van der Waals surface area contributed by atoms with Crippen molar-refractivity contribution in [1.29, 1.82) is 0 Å². The first-order valence-corrected chi connectivity index (χ1v) is 17.6. The van der Waals surface area contributed by atoms with Crippen molar-refractivity contribution in [3.63, 3.8) is 0 Å². The predicted molar refractivity (Wildman–Crippen MR) is 196 cm³/mol. The Bertz CT molecular complexity index is 2170. The molecule has 0 radical (unpaired) electrons. The van der Waals surface area contributed by atoms with Gasteiger partial charge in [0.1, 0.15) is 10.8 Å². The smallest absolute Gasteiger partial charge is 0.262 e. The maximum Gasteiger partial charge on any atom is 0.262 e. The molecule has 12 heteroatoms. The monoisotopic (exact) mass is 709 g/mol. The lowest BCUT2D eigenvalue weighted by Crippen LogP contribution is -2.36. The third kappa shape index (κ3) is 7.15. The summed E-state index contributed by atoms with van der Waals surface area (Å²) in [5.74, 6) is 0.165. The molecule has 2 aliphatic heterocycles. The molecule has 2 atom stereocenters. The van der Waals surface area contributed by atoms with Crippen LogP contribution in [0.15, 0.2) is 77.9 Å². The maximum absolute atomic E-state index is 13.3. The van der Waals surface area contributed by atoms with E-state index in [1.165, 1.54) is 0 Å². The Labute approximate surface area is 299 Å². The van der Waals surface area contributed by atoms with Crippen LogP contribution in [0.25, 0.3) is 39.2 Å². The molecule has 2 aliphatic rings. The molecule has 2 fully saturated rings. The van der Waals surface area contributed by atoms with Gasteiger partial charge < -0.3 is 21.3 Å². The number of rotatable bonds is 11. The summed E-state index contributed by atoms with van der Waals surface area (Å²) in [6.07, 6.45) is 6.13. The SMILES string of the molecule is Cc1c(-c2ccn3c(=O)c(CNC[C@@H]4CCC(=O)N4)cnc3c2)cccc1-c1cccc(-c2ccc(CNC[C@H]3CCC(=O)N3)c(Cl)n2)c1Cl. The topological polar surface area (TPSA) is 130 Å². The molecular weight excluding hydrogens is 673 g/mol. The Morgan fingerprint density at radius 1 is 0.800 bits per heavy atom. The van der Waals surface area contributed by atoms with E-state index in [1.54, 1.807) is 16.8 Å². The van der Waals surface area contributed by atoms with Gasteiger partial charge in [-0.25, -0.2) is 9.97 Å². The van der Waals surface area contributed by atoms with E-state index in [2.05, 4.69) is 44.2 Å². The summed E-state index contributed by atoms with van der Waals surface area (Å²) in [4.78, 5) is 45.5. The Morgan fingerprint density at radius 2 is 1.44 bits per heavy atom. The highest BCUT2D eigenvalue weighted by Crippen LogP contribution is 2.40. The van der Waals surface area contributed by atoms with Crippen molar-refractivity contribution in [3.05, 3.63) is 110 Å². The third-order valence-electron chi connectivity index (χ3n) is 9.50. The van der Waals surface area contributed by atoms with Crippen LogP contribution < -0.4 is 26.8 Å². The Balaban J connectivity index is 1.09. The van der Waals surface area contributed by atoms with Gasteiger partial charge in [0, 0.05) is 85.8 Å². The number of nitrogens with one attached hydrogen (secondary N) is 4. The molecule has 50 heavy (non-hydrogen) atoms. The number of halogens is 2. The Hall–Kier alpha value is -4.61. The number of carbonyl (C=O) groups excluding carboxylic acids is 2. The molecule has 7 rings (SSSR count). The first-order chi connectivity index (χ1) is 24.2. The molecule has 0 unspecified atom stereocenters. The molecule has 4 N–H and O–H groups in total. The summed E-state index contributed by atoms with van der Waals surface area (Å²) >= 11 is 13.7. The number of fused-ring (bicyclic) bond motifs is 1. The van der Waals surface area contributed by atoms with E-state index >= 15 is 0 Å². The molecule has 0 aliphatic carbocycles. The van der Waals surface area contributed by atoms with Crippen molar-refractivity contribution in [2.45, 2.75) is 57.8 Å². The van der Waals surface area contributed by atoms with Gasteiger partial charge in [0.2, 0.25) is 11.8 Å². The van der Waals surface area contributed by atoms with Crippen molar-refractivity contribution in [3.8, 4) is 33.5 Å². The highest BCUT2D eigenvalue weighted by Gasteiger charge is 2.22. The van der Waals surface area contributed by atoms with Crippen LogP contribution in [0.1, 0.15) is 42.4 Å². The highest BCUT2D eigenvalue weighted by atomic mass is 35.5. The van der Waals surface area contributed by atoms with Crippen LogP contribution in [-0.2, 0) is 22.7 Å². The van der Waals surface area contributed by atoms with Gasteiger partial charge in [-0.2, -0.15) is 0 Å². The highest BCUT2D eigenvalue weighted by molar-refractivity contribution is 6.36. The molecule has 0 spiro atoms.